The van der Waals surface area contributed by atoms with Crippen LogP contribution in [0.15, 0.2) is 76.4 Å². The molecular weight excluding hydrogens is 389 g/mol. The largest absolute Gasteiger partial charge is 0.351 e. The zero-order valence-electron chi connectivity index (χ0n) is 15.6. The quantitative estimate of drug-likeness (QED) is 0.510. The zero-order chi connectivity index (χ0) is 20.9. The molecule has 0 aliphatic heterocycles. The third-order valence-electron chi connectivity index (χ3n) is 4.40. The van der Waals surface area contributed by atoms with Gasteiger partial charge in [-0.25, -0.2) is 9.37 Å². The van der Waals surface area contributed by atoms with E-state index < -0.39 is 17.8 Å². The van der Waals surface area contributed by atoms with Crippen LogP contribution in [0.25, 0.3) is 11.4 Å². The highest BCUT2D eigenvalue weighted by Gasteiger charge is 2.20. The van der Waals surface area contributed by atoms with Crippen molar-refractivity contribution in [3.63, 3.8) is 0 Å². The van der Waals surface area contributed by atoms with Gasteiger partial charge in [0.25, 0.3) is 11.5 Å². The molecule has 0 aliphatic carbocycles. The highest BCUT2D eigenvalue weighted by Crippen LogP contribution is 2.20. The average Bonchev–Trinajstić information content (AvgIpc) is 3.29. The Kier molecular flexibility index (Phi) is 5.42. The van der Waals surface area contributed by atoms with E-state index in [0.717, 1.165) is 0 Å². The van der Waals surface area contributed by atoms with Crippen LogP contribution >= 0.6 is 0 Å². The molecule has 150 valence electrons. The number of hydrogen-bond donors (Lipinski definition) is 2. The topological polar surface area (TPSA) is 114 Å². The van der Waals surface area contributed by atoms with E-state index in [4.69, 9.17) is 4.52 Å². The molecule has 4 rings (SSSR count). The van der Waals surface area contributed by atoms with Crippen molar-refractivity contribution in [1.29, 1.82) is 0 Å². The molecule has 3 aromatic heterocycles. The number of H-pyrrole nitrogens is 1. The van der Waals surface area contributed by atoms with Crippen LogP contribution in [0, 0.1) is 5.82 Å². The van der Waals surface area contributed by atoms with Crippen molar-refractivity contribution in [2.75, 3.05) is 0 Å². The minimum absolute atomic E-state index is 0.0402. The molecule has 9 heteroatoms. The Hall–Kier alpha value is -4.14. The smallest absolute Gasteiger partial charge is 0.290 e. The van der Waals surface area contributed by atoms with Gasteiger partial charge in [-0.15, -0.1) is 0 Å². The lowest BCUT2D eigenvalue weighted by atomic mass is 10.0. The molecule has 0 bridgehead atoms. The van der Waals surface area contributed by atoms with Crippen LogP contribution in [-0.4, -0.2) is 26.0 Å². The molecule has 1 amide bonds. The number of carbonyl (C=O) groups excluding carboxylic acids is 1. The molecule has 0 fully saturated rings. The number of nitrogens with zero attached hydrogens (tertiary/aromatic N) is 3. The Bertz CT molecular complexity index is 1190. The van der Waals surface area contributed by atoms with Gasteiger partial charge in [0, 0.05) is 36.5 Å². The molecule has 0 radical (unpaired) electrons. The minimum Gasteiger partial charge on any atom is -0.351 e. The number of benzene rings is 1. The maximum absolute atomic E-state index is 13.4. The Morgan fingerprint density at radius 3 is 2.57 bits per heavy atom. The van der Waals surface area contributed by atoms with Gasteiger partial charge in [-0.1, -0.05) is 17.3 Å². The first kappa shape index (κ1) is 19.2. The Morgan fingerprint density at radius 2 is 1.87 bits per heavy atom. The summed E-state index contributed by atoms with van der Waals surface area (Å²) in [6.07, 6.45) is 4.76. The molecule has 0 saturated heterocycles. The zero-order valence-corrected chi connectivity index (χ0v) is 15.6. The fourth-order valence-corrected chi connectivity index (χ4v) is 2.98. The fraction of sp³-hybridized carbons (Fsp3) is 0.0952. The number of nitrogens with one attached hydrogen (secondary N) is 2. The SMILES string of the molecule is O=C(NC(Cc1cc(=O)[nH]c(-c2ccncc2)n1)c1ccc(F)cc1)c1ccno1. The first-order valence-electron chi connectivity index (χ1n) is 9.06. The monoisotopic (exact) mass is 405 g/mol. The van der Waals surface area contributed by atoms with Crippen LogP contribution in [0.4, 0.5) is 4.39 Å². The van der Waals surface area contributed by atoms with Crippen molar-refractivity contribution >= 4 is 5.91 Å². The van der Waals surface area contributed by atoms with E-state index in [1.54, 1.807) is 36.7 Å². The third-order valence-corrected chi connectivity index (χ3v) is 4.40. The standard InChI is InChI=1S/C21H16FN5O3/c22-15-3-1-13(2-4-15)17(26-21(29)18-7-10-24-30-18)11-16-12-19(28)27-20(25-16)14-5-8-23-9-6-14/h1-10,12,17H,11H2,(H,26,29)(H,25,27,28). The maximum atomic E-state index is 13.4. The van der Waals surface area contributed by atoms with Crippen LogP contribution < -0.4 is 10.9 Å². The summed E-state index contributed by atoms with van der Waals surface area (Å²) in [5.41, 5.74) is 1.48. The lowest BCUT2D eigenvalue weighted by Gasteiger charge is -2.18. The number of hydrogen-bond acceptors (Lipinski definition) is 6. The maximum Gasteiger partial charge on any atom is 0.290 e. The molecule has 0 spiro atoms. The van der Waals surface area contributed by atoms with Crippen molar-refractivity contribution < 1.29 is 13.7 Å². The highest BCUT2D eigenvalue weighted by molar-refractivity contribution is 5.91. The first-order valence-corrected chi connectivity index (χ1v) is 9.06. The Balaban J connectivity index is 1.66. The van der Waals surface area contributed by atoms with Crippen LogP contribution in [-0.2, 0) is 6.42 Å². The van der Waals surface area contributed by atoms with Crippen molar-refractivity contribution in [3.8, 4) is 11.4 Å². The van der Waals surface area contributed by atoms with Crippen molar-refractivity contribution in [1.82, 2.24) is 25.4 Å². The summed E-state index contributed by atoms with van der Waals surface area (Å²) < 4.78 is 18.3. The second-order valence-electron chi connectivity index (χ2n) is 6.48. The summed E-state index contributed by atoms with van der Waals surface area (Å²) in [5.74, 6) is -0.452. The Morgan fingerprint density at radius 1 is 1.10 bits per heavy atom. The molecule has 8 nitrogen and oxygen atoms in total. The van der Waals surface area contributed by atoms with Gasteiger partial charge in [-0.05, 0) is 29.8 Å². The van der Waals surface area contributed by atoms with Crippen LogP contribution in [0.1, 0.15) is 27.9 Å². The summed E-state index contributed by atoms with van der Waals surface area (Å²) in [7, 11) is 0. The molecule has 3 heterocycles. The number of aromatic nitrogens is 4. The van der Waals surface area contributed by atoms with Gasteiger partial charge >= 0.3 is 0 Å². The number of aromatic amines is 1. The van der Waals surface area contributed by atoms with Crippen molar-refractivity contribution in [3.05, 3.63) is 100 Å². The first-order chi connectivity index (χ1) is 14.6. The molecule has 2 N–H and O–H groups in total. The van der Waals surface area contributed by atoms with Gasteiger partial charge in [-0.2, -0.15) is 0 Å². The molecular formula is C21H16FN5O3. The summed E-state index contributed by atoms with van der Waals surface area (Å²) in [6, 6.07) is 11.4. The van der Waals surface area contributed by atoms with Gasteiger partial charge in [0.05, 0.1) is 17.9 Å². The molecule has 1 aromatic carbocycles. The van der Waals surface area contributed by atoms with Crippen molar-refractivity contribution in [2.45, 2.75) is 12.5 Å². The van der Waals surface area contributed by atoms with Crippen LogP contribution in [0.3, 0.4) is 0 Å². The van der Waals surface area contributed by atoms with Gasteiger partial charge < -0.3 is 14.8 Å². The lowest BCUT2D eigenvalue weighted by Crippen LogP contribution is -2.30. The summed E-state index contributed by atoms with van der Waals surface area (Å²) >= 11 is 0. The number of halogens is 1. The second kappa shape index (κ2) is 8.48. The van der Waals surface area contributed by atoms with E-state index in [2.05, 4.69) is 25.4 Å². The normalized spacial score (nSPS) is 11.8. The van der Waals surface area contributed by atoms with Gasteiger partial charge in [-0.3, -0.25) is 14.6 Å². The number of rotatable bonds is 6. The molecule has 1 atom stereocenters. The lowest BCUT2D eigenvalue weighted by molar-refractivity contribution is 0.0899. The van der Waals surface area contributed by atoms with Gasteiger partial charge in [0.15, 0.2) is 0 Å². The molecule has 4 aromatic rings. The number of carbonyl (C=O) groups is 1. The fourth-order valence-electron chi connectivity index (χ4n) is 2.98. The van der Waals surface area contributed by atoms with Crippen LogP contribution in [0.2, 0.25) is 0 Å². The average molecular weight is 405 g/mol. The predicted octanol–water partition coefficient (Wildman–Crippen LogP) is 2.67. The van der Waals surface area contributed by atoms with E-state index in [1.165, 1.54) is 30.5 Å². The van der Waals surface area contributed by atoms with E-state index in [-0.39, 0.29) is 17.7 Å². The molecule has 1 unspecified atom stereocenters. The van der Waals surface area contributed by atoms with Crippen molar-refractivity contribution in [2.24, 2.45) is 0 Å². The highest BCUT2D eigenvalue weighted by atomic mass is 19.1. The van der Waals surface area contributed by atoms with E-state index in [1.807, 2.05) is 0 Å². The predicted molar refractivity (Wildman–Crippen MR) is 105 cm³/mol. The molecule has 0 aliphatic rings. The summed E-state index contributed by atoms with van der Waals surface area (Å²) in [4.78, 5) is 35.8. The number of amides is 1. The van der Waals surface area contributed by atoms with E-state index >= 15 is 0 Å². The summed E-state index contributed by atoms with van der Waals surface area (Å²) in [6.45, 7) is 0. The van der Waals surface area contributed by atoms with E-state index in [0.29, 0.717) is 22.6 Å². The third kappa shape index (κ3) is 4.46. The summed E-state index contributed by atoms with van der Waals surface area (Å²) in [5, 5.41) is 6.35. The molecule has 0 saturated carbocycles. The number of pyridine rings is 1. The van der Waals surface area contributed by atoms with Gasteiger partial charge in [0.2, 0.25) is 5.76 Å². The minimum atomic E-state index is -0.581. The van der Waals surface area contributed by atoms with E-state index in [9.17, 15) is 14.0 Å². The van der Waals surface area contributed by atoms with Gasteiger partial charge in [0.1, 0.15) is 11.6 Å². The van der Waals surface area contributed by atoms with Crippen LogP contribution in [0.5, 0.6) is 0 Å². The Labute approximate surface area is 169 Å². The molecule has 30 heavy (non-hydrogen) atoms. The second-order valence-corrected chi connectivity index (χ2v) is 6.48.